The van der Waals surface area contributed by atoms with Gasteiger partial charge in [-0.25, -0.2) is 0 Å². The average Bonchev–Trinajstić information content (AvgIpc) is 2.54. The third kappa shape index (κ3) is 7.11. The van der Waals surface area contributed by atoms with Crippen LogP contribution < -0.4 is 0 Å². The minimum absolute atomic E-state index is 0.0990. The zero-order valence-corrected chi connectivity index (χ0v) is 16.4. The van der Waals surface area contributed by atoms with Gasteiger partial charge in [0, 0.05) is 26.3 Å². The summed E-state index contributed by atoms with van der Waals surface area (Å²) in [6.45, 7) is 7.02. The van der Waals surface area contributed by atoms with Gasteiger partial charge in [0.25, 0.3) is 0 Å². The van der Waals surface area contributed by atoms with Gasteiger partial charge < -0.3 is 9.47 Å². The van der Waals surface area contributed by atoms with Crippen LogP contribution in [0, 0.1) is 0 Å². The van der Waals surface area contributed by atoms with Gasteiger partial charge in [0.2, 0.25) is 0 Å². The van der Waals surface area contributed by atoms with Crippen molar-refractivity contribution in [3.05, 3.63) is 0 Å². The first-order valence-electron chi connectivity index (χ1n) is 9.98. The molecule has 1 heterocycles. The molecule has 1 aliphatic heterocycles. The van der Waals surface area contributed by atoms with Gasteiger partial charge in [0.05, 0.1) is 6.04 Å². The number of hydrogen-bond acceptors (Lipinski definition) is 3. The van der Waals surface area contributed by atoms with Crippen LogP contribution in [0.1, 0.15) is 91.4 Å². The lowest BCUT2D eigenvalue weighted by atomic mass is 9.93. The van der Waals surface area contributed by atoms with Crippen molar-refractivity contribution in [3.8, 4) is 0 Å². The molecule has 0 aromatic carbocycles. The highest BCUT2D eigenvalue weighted by Crippen LogP contribution is 2.29. The Morgan fingerprint density at radius 1 is 0.870 bits per heavy atom. The Morgan fingerprint density at radius 2 is 1.39 bits per heavy atom. The van der Waals surface area contributed by atoms with Gasteiger partial charge in [-0.1, -0.05) is 58.3 Å². The number of ether oxygens (including phenoxy) is 2. The lowest BCUT2D eigenvalue weighted by Crippen LogP contribution is -2.55. The first kappa shape index (κ1) is 20.9. The van der Waals surface area contributed by atoms with Gasteiger partial charge in [-0.3, -0.25) is 4.90 Å². The van der Waals surface area contributed by atoms with E-state index in [9.17, 15) is 0 Å². The molecule has 0 saturated carbocycles. The highest BCUT2D eigenvalue weighted by molar-refractivity contribution is 4.87. The predicted octanol–water partition coefficient (Wildman–Crippen LogP) is 5.38. The van der Waals surface area contributed by atoms with E-state index in [0.29, 0.717) is 18.1 Å². The van der Waals surface area contributed by atoms with Crippen LogP contribution >= 0.6 is 0 Å². The molecule has 23 heavy (non-hydrogen) atoms. The number of likely N-dealkylation sites (tertiary alicyclic amines) is 1. The van der Waals surface area contributed by atoms with Crippen LogP contribution in [0.15, 0.2) is 0 Å². The zero-order valence-electron chi connectivity index (χ0n) is 16.4. The van der Waals surface area contributed by atoms with Crippen LogP contribution in [0.4, 0.5) is 0 Å². The molecule has 1 unspecified atom stereocenters. The molecule has 1 aliphatic rings. The summed E-state index contributed by atoms with van der Waals surface area (Å²) >= 11 is 0. The number of hydrogen-bond donors (Lipinski definition) is 0. The van der Waals surface area contributed by atoms with Crippen molar-refractivity contribution in [1.82, 2.24) is 4.90 Å². The Balaban J connectivity index is 2.49. The summed E-state index contributed by atoms with van der Waals surface area (Å²) < 4.78 is 11.3. The van der Waals surface area contributed by atoms with Crippen molar-refractivity contribution >= 4 is 0 Å². The van der Waals surface area contributed by atoms with Crippen molar-refractivity contribution in [2.24, 2.45) is 0 Å². The monoisotopic (exact) mass is 327 g/mol. The fraction of sp³-hybridized carbons (Fsp3) is 1.00. The highest BCUT2D eigenvalue weighted by atomic mass is 16.7. The van der Waals surface area contributed by atoms with Crippen molar-refractivity contribution < 1.29 is 9.47 Å². The minimum Gasteiger partial charge on any atom is -0.354 e. The van der Waals surface area contributed by atoms with Crippen LogP contribution in [0.5, 0.6) is 0 Å². The molecule has 0 spiro atoms. The predicted molar refractivity (Wildman–Crippen MR) is 98.8 cm³/mol. The van der Waals surface area contributed by atoms with Crippen LogP contribution in [0.25, 0.3) is 0 Å². The summed E-state index contributed by atoms with van der Waals surface area (Å²) in [6, 6.07) is 1.67. The number of rotatable bonds is 12. The fourth-order valence-electron chi connectivity index (χ4n) is 4.24. The fourth-order valence-corrected chi connectivity index (χ4v) is 4.24. The van der Waals surface area contributed by atoms with Gasteiger partial charge in [0.15, 0.2) is 6.29 Å². The van der Waals surface area contributed by atoms with Gasteiger partial charge in [-0.15, -0.1) is 0 Å². The second kappa shape index (κ2) is 12.3. The van der Waals surface area contributed by atoms with Gasteiger partial charge in [-0.2, -0.15) is 0 Å². The molecule has 3 nitrogen and oxygen atoms in total. The summed E-state index contributed by atoms with van der Waals surface area (Å²) in [6.07, 6.45) is 14.6. The number of methoxy groups -OCH3 is 2. The number of nitrogens with zero attached hydrogens (tertiary/aromatic N) is 1. The van der Waals surface area contributed by atoms with Gasteiger partial charge >= 0.3 is 0 Å². The number of piperidine rings is 1. The standard InChI is InChI=1S/C20H41NO2/c1-6-7-8-9-10-11-12-16-19(20(22-4)23-5)21-17(2)14-13-15-18(21)3/h17-20H,6-16H2,1-5H3/t17-,18+,19?. The Hall–Kier alpha value is -0.120. The van der Waals surface area contributed by atoms with E-state index in [4.69, 9.17) is 9.47 Å². The Labute approximate surface area is 145 Å². The Morgan fingerprint density at radius 3 is 1.91 bits per heavy atom. The summed E-state index contributed by atoms with van der Waals surface area (Å²) in [7, 11) is 3.57. The molecule has 3 heteroatoms. The van der Waals surface area contributed by atoms with Gasteiger partial charge in [0.1, 0.15) is 0 Å². The third-order valence-electron chi connectivity index (χ3n) is 5.53. The molecule has 3 atom stereocenters. The van der Waals surface area contributed by atoms with Crippen LogP contribution in [0.3, 0.4) is 0 Å². The molecular weight excluding hydrogens is 286 g/mol. The van der Waals surface area contributed by atoms with Crippen molar-refractivity contribution in [3.63, 3.8) is 0 Å². The summed E-state index contributed by atoms with van der Waals surface area (Å²) in [5.41, 5.74) is 0. The smallest absolute Gasteiger partial charge is 0.172 e. The first-order valence-corrected chi connectivity index (χ1v) is 9.98. The molecule has 0 aromatic rings. The zero-order chi connectivity index (χ0) is 17.1. The van der Waals surface area contributed by atoms with E-state index >= 15 is 0 Å². The number of unbranched alkanes of at least 4 members (excludes halogenated alkanes) is 6. The van der Waals surface area contributed by atoms with E-state index in [0.717, 1.165) is 0 Å². The van der Waals surface area contributed by atoms with Crippen molar-refractivity contribution in [2.45, 2.75) is 116 Å². The molecule has 1 rings (SSSR count). The van der Waals surface area contributed by atoms with E-state index in [1.165, 1.54) is 70.6 Å². The average molecular weight is 328 g/mol. The topological polar surface area (TPSA) is 21.7 Å². The van der Waals surface area contributed by atoms with E-state index < -0.39 is 0 Å². The maximum atomic E-state index is 5.66. The molecule has 0 aromatic heterocycles. The molecular formula is C20H41NO2. The second-order valence-electron chi connectivity index (χ2n) is 7.39. The van der Waals surface area contributed by atoms with E-state index in [-0.39, 0.29) is 6.29 Å². The van der Waals surface area contributed by atoms with Crippen LogP contribution in [-0.2, 0) is 9.47 Å². The van der Waals surface area contributed by atoms with E-state index in [2.05, 4.69) is 25.7 Å². The van der Waals surface area contributed by atoms with Gasteiger partial charge in [-0.05, 0) is 33.1 Å². The summed E-state index contributed by atoms with van der Waals surface area (Å²) in [5, 5.41) is 0. The third-order valence-corrected chi connectivity index (χ3v) is 5.53. The normalized spacial score (nSPS) is 24.3. The molecule has 0 bridgehead atoms. The molecule has 138 valence electrons. The second-order valence-corrected chi connectivity index (χ2v) is 7.39. The maximum absolute atomic E-state index is 5.66. The summed E-state index contributed by atoms with van der Waals surface area (Å²) in [4.78, 5) is 2.68. The Bertz CT molecular complexity index is 271. The largest absolute Gasteiger partial charge is 0.354 e. The quantitative estimate of drug-likeness (QED) is 0.355. The van der Waals surface area contributed by atoms with Crippen molar-refractivity contribution in [2.75, 3.05) is 14.2 Å². The van der Waals surface area contributed by atoms with Crippen LogP contribution in [0.2, 0.25) is 0 Å². The SMILES string of the molecule is CCCCCCCCCC(C(OC)OC)N1[C@H](C)CCC[C@@H]1C. The Kier molecular flexibility index (Phi) is 11.2. The van der Waals surface area contributed by atoms with Crippen molar-refractivity contribution in [1.29, 1.82) is 0 Å². The molecule has 0 aliphatic carbocycles. The molecule has 0 N–H and O–H groups in total. The molecule has 1 saturated heterocycles. The summed E-state index contributed by atoms with van der Waals surface area (Å²) in [5.74, 6) is 0. The lowest BCUT2D eigenvalue weighted by Gasteiger charge is -2.46. The lowest BCUT2D eigenvalue weighted by molar-refractivity contribution is -0.164. The molecule has 1 fully saturated rings. The first-order chi connectivity index (χ1) is 11.2. The van der Waals surface area contributed by atoms with E-state index in [1.54, 1.807) is 14.2 Å². The molecule has 0 radical (unpaired) electrons. The van der Waals surface area contributed by atoms with Crippen LogP contribution in [-0.4, -0.2) is 43.5 Å². The minimum atomic E-state index is -0.0990. The maximum Gasteiger partial charge on any atom is 0.172 e. The molecule has 0 amide bonds. The van der Waals surface area contributed by atoms with E-state index in [1.807, 2.05) is 0 Å². The highest BCUT2D eigenvalue weighted by Gasteiger charge is 2.35.